The van der Waals surface area contributed by atoms with Gasteiger partial charge in [-0.3, -0.25) is 4.90 Å². The average Bonchev–Trinajstić information content (AvgIpc) is 3.05. The fourth-order valence-corrected chi connectivity index (χ4v) is 3.89. The van der Waals surface area contributed by atoms with Gasteiger partial charge >= 0.3 is 6.03 Å². The van der Waals surface area contributed by atoms with Gasteiger partial charge in [-0.2, -0.15) is 0 Å². The van der Waals surface area contributed by atoms with E-state index in [1.54, 1.807) is 17.0 Å². The van der Waals surface area contributed by atoms with Gasteiger partial charge in [0.1, 0.15) is 5.82 Å². The highest BCUT2D eigenvalue weighted by atomic mass is 79.9. The topological polar surface area (TPSA) is 35.6 Å². The number of para-hydroxylation sites is 2. The summed E-state index contributed by atoms with van der Waals surface area (Å²) in [5, 5.41) is 2.70. The number of benzene rings is 2. The summed E-state index contributed by atoms with van der Waals surface area (Å²) < 4.78 is 14.7. The maximum atomic E-state index is 14.0. The number of nitrogens with one attached hydrogen (secondary N) is 1. The first-order chi connectivity index (χ1) is 11.6. The van der Waals surface area contributed by atoms with Crippen LogP contribution in [0.2, 0.25) is 0 Å². The lowest BCUT2D eigenvalue weighted by Gasteiger charge is -2.40. The monoisotopic (exact) mass is 389 g/mol. The summed E-state index contributed by atoms with van der Waals surface area (Å²) in [7, 11) is 0. The number of carbonyl (C=O) groups is 1. The van der Waals surface area contributed by atoms with Crippen LogP contribution in [0.5, 0.6) is 0 Å². The molecule has 6 heteroatoms. The number of hydrogen-bond acceptors (Lipinski definition) is 2. The number of nitrogens with zero attached hydrogens (tertiary/aromatic N) is 2. The summed E-state index contributed by atoms with van der Waals surface area (Å²) in [4.78, 5) is 16.9. The average molecular weight is 390 g/mol. The molecule has 0 bridgehead atoms. The van der Waals surface area contributed by atoms with Crippen LogP contribution in [0.1, 0.15) is 12.8 Å². The smallest absolute Gasteiger partial charge is 0.326 e. The third-order valence-corrected chi connectivity index (χ3v) is 5.16. The van der Waals surface area contributed by atoms with Gasteiger partial charge in [-0.05, 0) is 43.2 Å². The number of hydrogen-bond donors (Lipinski definition) is 1. The number of halogens is 2. The van der Waals surface area contributed by atoms with Crippen LogP contribution in [-0.2, 0) is 0 Å². The highest BCUT2D eigenvalue weighted by molar-refractivity contribution is 9.10. The number of fused-ring (bicyclic) bond motifs is 3. The lowest BCUT2D eigenvalue weighted by molar-refractivity contribution is 0.256. The van der Waals surface area contributed by atoms with E-state index in [0.29, 0.717) is 17.1 Å². The Kier molecular flexibility index (Phi) is 3.92. The summed E-state index contributed by atoms with van der Waals surface area (Å²) >= 11 is 3.22. The van der Waals surface area contributed by atoms with Crippen molar-refractivity contribution in [1.29, 1.82) is 0 Å². The number of rotatable bonds is 1. The summed E-state index contributed by atoms with van der Waals surface area (Å²) in [5.74, 6) is -0.453. The van der Waals surface area contributed by atoms with Gasteiger partial charge in [0, 0.05) is 23.6 Å². The van der Waals surface area contributed by atoms with Gasteiger partial charge in [-0.25, -0.2) is 9.18 Å². The van der Waals surface area contributed by atoms with E-state index in [-0.39, 0.29) is 11.7 Å². The van der Waals surface area contributed by atoms with Gasteiger partial charge in [0.2, 0.25) is 0 Å². The predicted molar refractivity (Wildman–Crippen MR) is 97.3 cm³/mol. The Morgan fingerprint density at radius 1 is 1.21 bits per heavy atom. The predicted octanol–water partition coefficient (Wildman–Crippen LogP) is 4.61. The molecule has 0 aliphatic carbocycles. The van der Waals surface area contributed by atoms with Gasteiger partial charge in [0.05, 0.1) is 17.1 Å². The van der Waals surface area contributed by atoms with Crippen molar-refractivity contribution in [3.8, 4) is 0 Å². The Morgan fingerprint density at radius 3 is 2.79 bits per heavy atom. The minimum Gasteiger partial charge on any atom is -0.365 e. The molecule has 0 unspecified atom stereocenters. The van der Waals surface area contributed by atoms with E-state index in [4.69, 9.17) is 0 Å². The zero-order valence-corrected chi connectivity index (χ0v) is 14.6. The molecule has 1 fully saturated rings. The molecule has 2 aliphatic heterocycles. The molecule has 1 atom stereocenters. The Hall–Kier alpha value is -2.08. The van der Waals surface area contributed by atoms with Crippen molar-refractivity contribution < 1.29 is 9.18 Å². The van der Waals surface area contributed by atoms with E-state index < -0.39 is 5.82 Å². The lowest BCUT2D eigenvalue weighted by atomic mass is 10.1. The first kappa shape index (κ1) is 15.4. The Morgan fingerprint density at radius 2 is 2.00 bits per heavy atom. The quantitative estimate of drug-likeness (QED) is 0.772. The molecule has 2 amide bonds. The van der Waals surface area contributed by atoms with E-state index in [1.165, 1.54) is 6.07 Å². The van der Waals surface area contributed by atoms with E-state index in [0.717, 1.165) is 30.8 Å². The highest BCUT2D eigenvalue weighted by Crippen LogP contribution is 2.39. The van der Waals surface area contributed by atoms with Crippen LogP contribution < -0.4 is 15.1 Å². The molecule has 124 valence electrons. The largest absolute Gasteiger partial charge is 0.365 e. The zero-order valence-electron chi connectivity index (χ0n) is 13.0. The SMILES string of the molecule is O=C(Nc1ccc(Br)cc1F)N1C[C@H]2CCCN2c2ccccc21. The van der Waals surface area contributed by atoms with Crippen molar-refractivity contribution in [2.75, 3.05) is 28.2 Å². The lowest BCUT2D eigenvalue weighted by Crippen LogP contribution is -2.49. The van der Waals surface area contributed by atoms with Crippen LogP contribution in [0.15, 0.2) is 46.9 Å². The Labute approximate surface area is 148 Å². The molecule has 0 aromatic heterocycles. The van der Waals surface area contributed by atoms with Gasteiger partial charge in [0.15, 0.2) is 0 Å². The van der Waals surface area contributed by atoms with E-state index in [2.05, 4.69) is 26.1 Å². The molecular weight excluding hydrogens is 373 g/mol. The molecule has 2 aliphatic rings. The van der Waals surface area contributed by atoms with Crippen LogP contribution in [0, 0.1) is 5.82 Å². The summed E-state index contributed by atoms with van der Waals surface area (Å²) in [6.45, 7) is 1.65. The Bertz CT molecular complexity index is 798. The highest BCUT2D eigenvalue weighted by Gasteiger charge is 2.36. The number of amides is 2. The molecule has 1 N–H and O–H groups in total. The second-order valence-corrected chi connectivity index (χ2v) is 7.06. The van der Waals surface area contributed by atoms with Crippen LogP contribution in [-0.4, -0.2) is 25.2 Å². The van der Waals surface area contributed by atoms with Crippen molar-refractivity contribution in [2.45, 2.75) is 18.9 Å². The normalized spacial score (nSPS) is 19.0. The van der Waals surface area contributed by atoms with E-state index in [9.17, 15) is 9.18 Å². The molecular formula is C18H17BrFN3O. The summed E-state index contributed by atoms with van der Waals surface area (Å²) in [6, 6.07) is 12.6. The molecule has 0 radical (unpaired) electrons. The fraction of sp³-hybridized carbons (Fsp3) is 0.278. The second-order valence-electron chi connectivity index (χ2n) is 6.14. The van der Waals surface area contributed by atoms with Gasteiger partial charge in [0.25, 0.3) is 0 Å². The van der Waals surface area contributed by atoms with Gasteiger partial charge in [-0.1, -0.05) is 28.1 Å². The minimum atomic E-state index is -0.453. The summed E-state index contributed by atoms with van der Waals surface area (Å²) in [5.41, 5.74) is 2.15. The second kappa shape index (κ2) is 6.09. The molecule has 0 saturated carbocycles. The Balaban J connectivity index is 1.63. The molecule has 2 aromatic carbocycles. The summed E-state index contributed by atoms with van der Waals surface area (Å²) in [6.07, 6.45) is 2.21. The molecule has 0 spiro atoms. The molecule has 1 saturated heterocycles. The molecule has 4 rings (SSSR count). The first-order valence-corrected chi connectivity index (χ1v) is 8.82. The van der Waals surface area contributed by atoms with Crippen molar-refractivity contribution in [1.82, 2.24) is 0 Å². The van der Waals surface area contributed by atoms with Gasteiger partial charge < -0.3 is 10.2 Å². The zero-order chi connectivity index (χ0) is 16.7. The maximum Gasteiger partial charge on any atom is 0.326 e. The van der Waals surface area contributed by atoms with Crippen LogP contribution >= 0.6 is 15.9 Å². The van der Waals surface area contributed by atoms with Crippen molar-refractivity contribution in [3.05, 3.63) is 52.8 Å². The number of anilines is 3. The van der Waals surface area contributed by atoms with Crippen molar-refractivity contribution in [3.63, 3.8) is 0 Å². The first-order valence-electron chi connectivity index (χ1n) is 8.03. The van der Waals surface area contributed by atoms with Crippen molar-refractivity contribution in [2.24, 2.45) is 0 Å². The maximum absolute atomic E-state index is 14.0. The number of carbonyl (C=O) groups excluding carboxylic acids is 1. The van der Waals surface area contributed by atoms with Gasteiger partial charge in [-0.15, -0.1) is 0 Å². The van der Waals surface area contributed by atoms with Crippen molar-refractivity contribution >= 4 is 39.0 Å². The number of urea groups is 1. The standard InChI is InChI=1S/C18H17BrFN3O/c19-12-7-8-15(14(20)10-12)21-18(24)23-11-13-4-3-9-22(13)16-5-1-2-6-17(16)23/h1-2,5-8,10,13H,3-4,9,11H2,(H,21,24)/t13-/m1/s1. The molecule has 2 heterocycles. The molecule has 2 aromatic rings. The van der Waals surface area contributed by atoms with Crippen LogP contribution in [0.4, 0.5) is 26.2 Å². The third-order valence-electron chi connectivity index (χ3n) is 4.67. The fourth-order valence-electron chi connectivity index (χ4n) is 3.55. The van der Waals surface area contributed by atoms with E-state index in [1.807, 2.05) is 24.3 Å². The molecule has 4 nitrogen and oxygen atoms in total. The molecule has 24 heavy (non-hydrogen) atoms. The van der Waals surface area contributed by atoms with Crippen LogP contribution in [0.25, 0.3) is 0 Å². The van der Waals surface area contributed by atoms with E-state index >= 15 is 0 Å². The minimum absolute atomic E-state index is 0.189. The third kappa shape index (κ3) is 2.65. The van der Waals surface area contributed by atoms with Crippen LogP contribution in [0.3, 0.4) is 0 Å².